The van der Waals surface area contributed by atoms with Gasteiger partial charge in [-0.2, -0.15) is 0 Å². The van der Waals surface area contributed by atoms with E-state index in [1.54, 1.807) is 6.33 Å². The lowest BCUT2D eigenvalue weighted by Crippen LogP contribution is -2.42. The zero-order valence-corrected chi connectivity index (χ0v) is 15.3. The fourth-order valence-corrected chi connectivity index (χ4v) is 3.94. The Morgan fingerprint density at radius 2 is 2.04 bits per heavy atom. The van der Waals surface area contributed by atoms with Gasteiger partial charge in [-0.1, -0.05) is 12.2 Å². The molecule has 0 unspecified atom stereocenters. The maximum absolute atomic E-state index is 6.27. The van der Waals surface area contributed by atoms with Gasteiger partial charge in [-0.05, 0) is 26.7 Å². The molecule has 3 aliphatic rings. The van der Waals surface area contributed by atoms with Crippen molar-refractivity contribution in [2.75, 3.05) is 5.73 Å². The van der Waals surface area contributed by atoms with Crippen LogP contribution in [0.3, 0.4) is 0 Å². The van der Waals surface area contributed by atoms with Crippen molar-refractivity contribution in [3.05, 3.63) is 12.7 Å². The van der Waals surface area contributed by atoms with E-state index in [9.17, 15) is 0 Å². The first kappa shape index (κ1) is 16.3. The minimum Gasteiger partial charge on any atom is -0.382 e. The third kappa shape index (κ3) is 2.56. The minimum absolute atomic E-state index is 0.301. The standard InChI is InChI=1S/C16H20N6O3S/c1-16(2)24-9-10(14(26)21-7-3-4-7)23-15(11(9)25-16)22-6-20-8-12(17)18-5-19-13(8)22/h5-7,9-11,15H,3-4H2,1-2H3,(H,21,26)(H2,17,18,19)/t9-,10+,11-,15-/m1/s1. The maximum atomic E-state index is 6.27. The van der Waals surface area contributed by atoms with Gasteiger partial charge in [0.15, 0.2) is 23.5 Å². The Kier molecular flexibility index (Phi) is 3.48. The number of rotatable bonds is 3. The van der Waals surface area contributed by atoms with E-state index in [-0.39, 0.29) is 18.3 Å². The zero-order valence-electron chi connectivity index (χ0n) is 14.5. The second-order valence-electron chi connectivity index (χ2n) is 7.38. The summed E-state index contributed by atoms with van der Waals surface area (Å²) in [6.07, 6.45) is 3.84. The van der Waals surface area contributed by atoms with Gasteiger partial charge in [0, 0.05) is 6.04 Å². The van der Waals surface area contributed by atoms with Crippen LogP contribution < -0.4 is 11.1 Å². The Balaban J connectivity index is 1.51. The van der Waals surface area contributed by atoms with E-state index >= 15 is 0 Å². The fraction of sp³-hybridized carbons (Fsp3) is 0.625. The van der Waals surface area contributed by atoms with Crippen molar-refractivity contribution < 1.29 is 14.2 Å². The van der Waals surface area contributed by atoms with Crippen molar-refractivity contribution in [1.82, 2.24) is 24.8 Å². The lowest BCUT2D eigenvalue weighted by molar-refractivity contribution is -0.189. The van der Waals surface area contributed by atoms with Gasteiger partial charge in [-0.3, -0.25) is 4.57 Å². The van der Waals surface area contributed by atoms with Crippen LogP contribution in [0.2, 0.25) is 0 Å². The summed E-state index contributed by atoms with van der Waals surface area (Å²) >= 11 is 5.59. The van der Waals surface area contributed by atoms with E-state index in [1.165, 1.54) is 6.33 Å². The number of anilines is 1. The first-order valence-corrected chi connectivity index (χ1v) is 9.08. The van der Waals surface area contributed by atoms with Gasteiger partial charge in [0.1, 0.15) is 35.1 Å². The summed E-state index contributed by atoms with van der Waals surface area (Å²) in [7, 11) is 0. The second kappa shape index (κ2) is 5.56. The topological polar surface area (TPSA) is 109 Å². The van der Waals surface area contributed by atoms with E-state index in [4.69, 9.17) is 32.2 Å². The Morgan fingerprint density at radius 3 is 2.81 bits per heavy atom. The van der Waals surface area contributed by atoms with E-state index in [0.717, 1.165) is 12.8 Å². The highest BCUT2D eigenvalue weighted by molar-refractivity contribution is 7.80. The largest absolute Gasteiger partial charge is 0.382 e. The number of nitrogens with two attached hydrogens (primary N) is 1. The van der Waals surface area contributed by atoms with Gasteiger partial charge in [0.05, 0.1) is 6.33 Å². The number of nitrogens with zero attached hydrogens (tertiary/aromatic N) is 4. The first-order valence-electron chi connectivity index (χ1n) is 8.67. The number of nitrogens with one attached hydrogen (secondary N) is 1. The number of imidazole rings is 1. The molecule has 2 aromatic rings. The maximum Gasteiger partial charge on any atom is 0.167 e. The molecular weight excluding hydrogens is 356 g/mol. The van der Waals surface area contributed by atoms with Gasteiger partial charge in [-0.25, -0.2) is 15.0 Å². The molecule has 0 bridgehead atoms. The number of hydrogen-bond acceptors (Lipinski definition) is 8. The molecule has 0 aromatic carbocycles. The Labute approximate surface area is 155 Å². The monoisotopic (exact) mass is 376 g/mol. The number of nitrogen functional groups attached to an aromatic ring is 1. The van der Waals surface area contributed by atoms with Crippen LogP contribution in [0.15, 0.2) is 12.7 Å². The van der Waals surface area contributed by atoms with E-state index in [0.29, 0.717) is 28.0 Å². The van der Waals surface area contributed by atoms with Gasteiger partial charge in [-0.15, -0.1) is 0 Å². The molecule has 26 heavy (non-hydrogen) atoms. The van der Waals surface area contributed by atoms with Gasteiger partial charge < -0.3 is 25.3 Å². The van der Waals surface area contributed by atoms with Gasteiger partial charge in [0.2, 0.25) is 0 Å². The quantitative estimate of drug-likeness (QED) is 0.755. The summed E-state index contributed by atoms with van der Waals surface area (Å²) < 4.78 is 20.3. The van der Waals surface area contributed by atoms with Crippen LogP contribution in [0, 0.1) is 0 Å². The van der Waals surface area contributed by atoms with Crippen LogP contribution in [0.5, 0.6) is 0 Å². The molecule has 138 valence electrons. The molecule has 3 N–H and O–H groups in total. The summed E-state index contributed by atoms with van der Waals surface area (Å²) in [5.41, 5.74) is 7.03. The summed E-state index contributed by atoms with van der Waals surface area (Å²) in [5.74, 6) is -0.385. The van der Waals surface area contributed by atoms with Gasteiger partial charge >= 0.3 is 0 Å². The van der Waals surface area contributed by atoms with Crippen LogP contribution in [0.25, 0.3) is 11.2 Å². The number of fused-ring (bicyclic) bond motifs is 2. The van der Waals surface area contributed by atoms with E-state index < -0.39 is 12.0 Å². The summed E-state index contributed by atoms with van der Waals surface area (Å²) in [6.45, 7) is 3.78. The third-order valence-corrected chi connectivity index (χ3v) is 5.22. The Bertz CT molecular complexity index is 882. The highest BCUT2D eigenvalue weighted by atomic mass is 32.1. The lowest BCUT2D eigenvalue weighted by Gasteiger charge is -2.25. The number of ether oxygens (including phenoxy) is 3. The SMILES string of the molecule is CC1(C)O[C@@H]2[C@H](O1)[C@@H](C(=S)NC1CC1)O[C@H]2n1cnc2c(N)ncnc21. The molecule has 4 atom stereocenters. The highest BCUT2D eigenvalue weighted by Crippen LogP contribution is 2.44. The van der Waals surface area contributed by atoms with Crippen molar-refractivity contribution in [3.8, 4) is 0 Å². The molecule has 2 aliphatic heterocycles. The lowest BCUT2D eigenvalue weighted by atomic mass is 10.1. The predicted octanol–water partition coefficient (Wildman–Crippen LogP) is 0.905. The molecule has 2 saturated heterocycles. The third-order valence-electron chi connectivity index (χ3n) is 4.87. The molecule has 1 aliphatic carbocycles. The van der Waals surface area contributed by atoms with Crippen LogP contribution >= 0.6 is 12.2 Å². The number of thiocarbonyl (C=S) groups is 1. The Morgan fingerprint density at radius 1 is 1.27 bits per heavy atom. The number of aromatic nitrogens is 4. The Hall–Kier alpha value is -1.88. The average molecular weight is 376 g/mol. The molecule has 4 heterocycles. The molecule has 2 aromatic heterocycles. The molecule has 1 saturated carbocycles. The molecule has 0 amide bonds. The van der Waals surface area contributed by atoms with Gasteiger partial charge in [0.25, 0.3) is 0 Å². The van der Waals surface area contributed by atoms with Crippen molar-refractivity contribution >= 4 is 34.2 Å². The van der Waals surface area contributed by atoms with Crippen molar-refractivity contribution in [2.45, 2.75) is 63.1 Å². The van der Waals surface area contributed by atoms with Crippen molar-refractivity contribution in [1.29, 1.82) is 0 Å². The van der Waals surface area contributed by atoms with E-state index in [1.807, 2.05) is 18.4 Å². The van der Waals surface area contributed by atoms with Crippen LogP contribution in [0.1, 0.15) is 32.9 Å². The molecule has 3 fully saturated rings. The molecule has 10 heteroatoms. The molecule has 0 radical (unpaired) electrons. The minimum atomic E-state index is -0.713. The highest BCUT2D eigenvalue weighted by Gasteiger charge is 2.57. The molecular formula is C16H20N6O3S. The zero-order chi connectivity index (χ0) is 18.1. The number of hydrogen-bond donors (Lipinski definition) is 2. The molecule has 9 nitrogen and oxygen atoms in total. The summed E-state index contributed by atoms with van der Waals surface area (Å²) in [4.78, 5) is 13.3. The smallest absolute Gasteiger partial charge is 0.167 e. The summed E-state index contributed by atoms with van der Waals surface area (Å²) in [5, 5.41) is 3.35. The van der Waals surface area contributed by atoms with Crippen LogP contribution in [-0.2, 0) is 14.2 Å². The van der Waals surface area contributed by atoms with Crippen LogP contribution in [-0.4, -0.2) is 54.6 Å². The average Bonchev–Trinajstić information content (AvgIpc) is 3.04. The fourth-order valence-electron chi connectivity index (χ4n) is 3.58. The van der Waals surface area contributed by atoms with Crippen molar-refractivity contribution in [2.24, 2.45) is 0 Å². The van der Waals surface area contributed by atoms with Crippen LogP contribution in [0.4, 0.5) is 5.82 Å². The normalized spacial score (nSPS) is 32.7. The molecule has 5 rings (SSSR count). The van der Waals surface area contributed by atoms with Crippen molar-refractivity contribution in [3.63, 3.8) is 0 Å². The predicted molar refractivity (Wildman–Crippen MR) is 96.2 cm³/mol. The molecule has 0 spiro atoms. The van der Waals surface area contributed by atoms with E-state index in [2.05, 4.69) is 20.3 Å². The summed E-state index contributed by atoms with van der Waals surface area (Å²) in [6, 6.07) is 0.445. The second-order valence-corrected chi connectivity index (χ2v) is 7.82. The first-order chi connectivity index (χ1) is 12.4.